The van der Waals surface area contributed by atoms with Crippen LogP contribution in [0.4, 0.5) is 0 Å². The summed E-state index contributed by atoms with van der Waals surface area (Å²) in [7, 11) is 1.71. The van der Waals surface area contributed by atoms with Gasteiger partial charge >= 0.3 is 0 Å². The van der Waals surface area contributed by atoms with E-state index in [1.54, 1.807) is 7.11 Å². The molecule has 0 unspecified atom stereocenters. The van der Waals surface area contributed by atoms with Gasteiger partial charge in [0.1, 0.15) is 11.6 Å². The first-order valence-corrected chi connectivity index (χ1v) is 10.8. The maximum absolute atomic E-state index is 5.97. The van der Waals surface area contributed by atoms with Crippen molar-refractivity contribution < 1.29 is 9.47 Å². The molecule has 0 radical (unpaired) electrons. The first kappa shape index (κ1) is 27.2. The van der Waals surface area contributed by atoms with Crippen LogP contribution < -0.4 is 15.4 Å². The molecule has 31 heavy (non-hydrogen) atoms. The molecule has 0 atom stereocenters. The van der Waals surface area contributed by atoms with Crippen LogP contribution >= 0.6 is 24.0 Å². The predicted octanol–water partition coefficient (Wildman–Crippen LogP) is 4.07. The zero-order valence-corrected chi connectivity index (χ0v) is 21.6. The summed E-state index contributed by atoms with van der Waals surface area (Å²) < 4.78 is 13.3. The lowest BCUT2D eigenvalue weighted by Gasteiger charge is -2.14. The van der Waals surface area contributed by atoms with Crippen molar-refractivity contribution in [1.29, 1.82) is 0 Å². The Morgan fingerprint density at radius 3 is 2.68 bits per heavy atom. The average molecular weight is 543 g/mol. The number of guanidine groups is 1. The molecule has 1 heterocycles. The van der Waals surface area contributed by atoms with Crippen LogP contribution in [0.5, 0.6) is 5.75 Å². The zero-order valence-electron chi connectivity index (χ0n) is 19.3. The molecule has 0 aliphatic rings. The molecule has 0 spiro atoms. The van der Waals surface area contributed by atoms with Crippen molar-refractivity contribution in [2.45, 2.75) is 53.1 Å². The highest BCUT2D eigenvalue weighted by atomic mass is 127. The highest BCUT2D eigenvalue weighted by Gasteiger charge is 2.05. The topological polar surface area (TPSA) is 72.7 Å². The van der Waals surface area contributed by atoms with Crippen LogP contribution in [0.25, 0.3) is 0 Å². The Bertz CT molecular complexity index is 779. The van der Waals surface area contributed by atoms with Crippen LogP contribution in [0.2, 0.25) is 0 Å². The van der Waals surface area contributed by atoms with E-state index >= 15 is 0 Å². The number of hydrogen-bond acceptors (Lipinski definition) is 4. The van der Waals surface area contributed by atoms with E-state index in [1.165, 1.54) is 5.56 Å². The Morgan fingerprint density at radius 1 is 1.13 bits per heavy atom. The van der Waals surface area contributed by atoms with Crippen molar-refractivity contribution in [1.82, 2.24) is 20.2 Å². The molecular weight excluding hydrogens is 505 g/mol. The summed E-state index contributed by atoms with van der Waals surface area (Å²) in [5.74, 6) is 2.81. The van der Waals surface area contributed by atoms with Gasteiger partial charge in [-0.25, -0.2) is 9.98 Å². The normalized spacial score (nSPS) is 11.2. The van der Waals surface area contributed by atoms with Gasteiger partial charge < -0.3 is 24.7 Å². The second kappa shape index (κ2) is 15.9. The van der Waals surface area contributed by atoms with Gasteiger partial charge in [0.25, 0.3) is 0 Å². The fraction of sp³-hybridized carbons (Fsp3) is 0.565. The fourth-order valence-corrected chi connectivity index (χ4v) is 3.07. The van der Waals surface area contributed by atoms with Gasteiger partial charge in [-0.1, -0.05) is 12.1 Å². The summed E-state index contributed by atoms with van der Waals surface area (Å²) >= 11 is 0. The molecule has 0 aliphatic heterocycles. The predicted molar refractivity (Wildman–Crippen MR) is 138 cm³/mol. The Balaban J connectivity index is 0.00000480. The van der Waals surface area contributed by atoms with E-state index in [9.17, 15) is 0 Å². The second-order valence-electron chi connectivity index (χ2n) is 7.30. The summed E-state index contributed by atoms with van der Waals surface area (Å²) in [6.45, 7) is 10.8. The molecule has 1 aromatic carbocycles. The van der Waals surface area contributed by atoms with E-state index in [0.717, 1.165) is 62.0 Å². The Hall–Kier alpha value is -1.81. The molecule has 8 heteroatoms. The quantitative estimate of drug-likeness (QED) is 0.173. The molecule has 2 aromatic rings. The van der Waals surface area contributed by atoms with Crippen LogP contribution in [0.3, 0.4) is 0 Å². The molecule has 0 bridgehead atoms. The molecule has 0 saturated carbocycles. The summed E-state index contributed by atoms with van der Waals surface area (Å²) in [5, 5.41) is 6.76. The van der Waals surface area contributed by atoms with Crippen molar-refractivity contribution in [2.75, 3.05) is 33.4 Å². The standard InChI is InChI=1S/C23H37N5O2.HI/c1-5-24-23(26-11-6-7-13-28-14-12-25-20(28)3)27-18-21-10-9-19(2)17-22(21)30-16-8-15-29-4;/h9-10,12,14,17H,5-8,11,13,15-16,18H2,1-4H3,(H2,24,26,27);1H. The average Bonchev–Trinajstić information content (AvgIpc) is 3.14. The van der Waals surface area contributed by atoms with Crippen molar-refractivity contribution in [3.05, 3.63) is 47.5 Å². The molecule has 0 amide bonds. The van der Waals surface area contributed by atoms with E-state index in [-0.39, 0.29) is 24.0 Å². The minimum atomic E-state index is 0. The number of ether oxygens (including phenoxy) is 2. The van der Waals surface area contributed by atoms with E-state index in [2.05, 4.69) is 52.2 Å². The lowest BCUT2D eigenvalue weighted by atomic mass is 10.1. The number of hydrogen-bond donors (Lipinski definition) is 2. The largest absolute Gasteiger partial charge is 0.493 e. The fourth-order valence-electron chi connectivity index (χ4n) is 3.07. The number of rotatable bonds is 13. The number of imidazole rings is 1. The minimum absolute atomic E-state index is 0. The third-order valence-electron chi connectivity index (χ3n) is 4.77. The zero-order chi connectivity index (χ0) is 21.6. The molecule has 0 saturated heterocycles. The maximum atomic E-state index is 5.97. The van der Waals surface area contributed by atoms with Gasteiger partial charge in [-0.3, -0.25) is 0 Å². The maximum Gasteiger partial charge on any atom is 0.191 e. The molecule has 174 valence electrons. The lowest BCUT2D eigenvalue weighted by Crippen LogP contribution is -2.37. The molecule has 2 N–H and O–H groups in total. The smallest absolute Gasteiger partial charge is 0.191 e. The Morgan fingerprint density at radius 2 is 1.97 bits per heavy atom. The van der Waals surface area contributed by atoms with Crippen LogP contribution in [0, 0.1) is 13.8 Å². The molecule has 0 aliphatic carbocycles. The summed E-state index contributed by atoms with van der Waals surface area (Å²) in [5.41, 5.74) is 2.27. The summed E-state index contributed by atoms with van der Waals surface area (Å²) in [6, 6.07) is 6.28. The third-order valence-corrected chi connectivity index (χ3v) is 4.77. The van der Waals surface area contributed by atoms with Gasteiger partial charge in [-0.2, -0.15) is 0 Å². The van der Waals surface area contributed by atoms with E-state index < -0.39 is 0 Å². The number of aryl methyl sites for hydroxylation is 3. The number of unbranched alkanes of at least 4 members (excludes halogenated alkanes) is 1. The van der Waals surface area contributed by atoms with Crippen LogP contribution in [-0.2, 0) is 17.8 Å². The van der Waals surface area contributed by atoms with Crippen molar-refractivity contribution in [3.63, 3.8) is 0 Å². The van der Waals surface area contributed by atoms with E-state index in [1.807, 2.05) is 19.3 Å². The first-order chi connectivity index (χ1) is 14.6. The Labute approximate surface area is 204 Å². The minimum Gasteiger partial charge on any atom is -0.493 e. The van der Waals surface area contributed by atoms with Gasteiger partial charge in [-0.05, 0) is 45.2 Å². The van der Waals surface area contributed by atoms with Gasteiger partial charge in [0.05, 0.1) is 13.2 Å². The summed E-state index contributed by atoms with van der Waals surface area (Å²) in [4.78, 5) is 9.02. The highest BCUT2D eigenvalue weighted by molar-refractivity contribution is 14.0. The van der Waals surface area contributed by atoms with Gasteiger partial charge in [0.15, 0.2) is 5.96 Å². The van der Waals surface area contributed by atoms with Gasteiger partial charge in [0.2, 0.25) is 0 Å². The number of benzene rings is 1. The molecular formula is C23H38IN5O2. The SMILES string of the molecule is CCNC(=NCc1ccc(C)cc1OCCCOC)NCCCCn1ccnc1C.I. The van der Waals surface area contributed by atoms with E-state index in [4.69, 9.17) is 14.5 Å². The highest BCUT2D eigenvalue weighted by Crippen LogP contribution is 2.21. The summed E-state index contributed by atoms with van der Waals surface area (Å²) in [6.07, 6.45) is 6.92. The number of aliphatic imine (C=N–C) groups is 1. The van der Waals surface area contributed by atoms with E-state index in [0.29, 0.717) is 19.8 Å². The lowest BCUT2D eigenvalue weighted by molar-refractivity contribution is 0.172. The van der Waals surface area contributed by atoms with Crippen LogP contribution in [0.1, 0.15) is 43.1 Å². The monoisotopic (exact) mass is 543 g/mol. The van der Waals surface area contributed by atoms with Gasteiger partial charge in [-0.15, -0.1) is 24.0 Å². The van der Waals surface area contributed by atoms with Crippen molar-refractivity contribution >= 4 is 29.9 Å². The number of aromatic nitrogens is 2. The van der Waals surface area contributed by atoms with Gasteiger partial charge in [0, 0.05) is 57.7 Å². The number of nitrogens with zero attached hydrogens (tertiary/aromatic N) is 3. The number of nitrogens with one attached hydrogen (secondary N) is 2. The third kappa shape index (κ3) is 10.4. The molecule has 2 rings (SSSR count). The van der Waals surface area contributed by atoms with Crippen molar-refractivity contribution in [3.8, 4) is 5.75 Å². The van der Waals surface area contributed by atoms with Crippen LogP contribution in [-0.4, -0.2) is 48.9 Å². The molecule has 7 nitrogen and oxygen atoms in total. The Kier molecular flexibility index (Phi) is 14.0. The molecule has 1 aromatic heterocycles. The first-order valence-electron chi connectivity index (χ1n) is 10.8. The second-order valence-corrected chi connectivity index (χ2v) is 7.30. The van der Waals surface area contributed by atoms with Crippen molar-refractivity contribution in [2.24, 2.45) is 4.99 Å². The molecule has 0 fully saturated rings. The van der Waals surface area contributed by atoms with Crippen LogP contribution in [0.15, 0.2) is 35.6 Å². The number of halogens is 1. The number of methoxy groups -OCH3 is 1.